The number of hydrazine groups is 1. The summed E-state index contributed by atoms with van der Waals surface area (Å²) in [6.07, 6.45) is 8.78. The molecule has 1 fully saturated rings. The Kier molecular flexibility index (Phi) is 15.7. The summed E-state index contributed by atoms with van der Waals surface area (Å²) in [5.41, 5.74) is 6.26. The van der Waals surface area contributed by atoms with Crippen LogP contribution < -0.4 is 22.0 Å². The maximum absolute atomic E-state index is 13.6. The summed E-state index contributed by atoms with van der Waals surface area (Å²) < 4.78 is 13.6. The lowest BCUT2D eigenvalue weighted by atomic mass is 10.0. The van der Waals surface area contributed by atoms with Crippen molar-refractivity contribution in [3.05, 3.63) is 82.1 Å². The Morgan fingerprint density at radius 1 is 1.19 bits per heavy atom. The van der Waals surface area contributed by atoms with Gasteiger partial charge in [-0.25, -0.2) is 25.9 Å². The number of benzene rings is 1. The van der Waals surface area contributed by atoms with E-state index in [4.69, 9.17) is 10.3 Å². The van der Waals surface area contributed by atoms with Crippen molar-refractivity contribution in [2.45, 2.75) is 72.9 Å². The lowest BCUT2D eigenvalue weighted by molar-refractivity contribution is -0.670. The molecule has 0 saturated heterocycles. The molecule has 1 saturated carbocycles. The topological polar surface area (TPSA) is 171 Å². The molecule has 1 atom stereocenters. The number of amides is 2. The van der Waals surface area contributed by atoms with Crippen molar-refractivity contribution in [1.82, 2.24) is 21.1 Å². The molecule has 0 aromatic heterocycles. The molecule has 11 nitrogen and oxygen atoms in total. The first-order chi connectivity index (χ1) is 20.2. The Morgan fingerprint density at radius 3 is 2.45 bits per heavy atom. The van der Waals surface area contributed by atoms with Crippen molar-refractivity contribution < 1.29 is 35.0 Å². The number of aliphatic imine (C=N–C) groups is 1. The highest BCUT2D eigenvalue weighted by Gasteiger charge is 2.31. The van der Waals surface area contributed by atoms with Crippen molar-refractivity contribution in [2.24, 2.45) is 4.99 Å². The number of allylic oxidation sites excluding steroid dienone is 2. The van der Waals surface area contributed by atoms with Gasteiger partial charge in [0.2, 0.25) is 0 Å². The van der Waals surface area contributed by atoms with Gasteiger partial charge in [0.25, 0.3) is 11.8 Å². The molecule has 12 heteroatoms. The third-order valence-electron chi connectivity index (χ3n) is 6.30. The number of hydrogen-bond donors (Lipinski definition) is 6. The first-order valence-corrected chi connectivity index (χ1v) is 13.9. The molecule has 3 rings (SSSR count). The van der Waals surface area contributed by atoms with Gasteiger partial charge in [0.05, 0.1) is 12.5 Å². The molecule has 2 amide bonds. The Balaban J connectivity index is 0.00000211. The van der Waals surface area contributed by atoms with Gasteiger partial charge < -0.3 is 15.7 Å². The molecule has 1 unspecified atom stereocenters. The standard InChI is InChI=1S/C28H34FN5O4.C2H6.H4NO/c1-5-7-20-19(10-13-26(35)36)9-12-22(20)33-28(38)24-15-23(32-25(6-2)34(24)30-4)27(37)31-16-18-8-11-21(29)17(3)14-18;2*1-2/h6-8,10-11,14-15,22,30H,5,9,12-13,16H2,1-4H3,(H,31,37)(H,33,38)(H,35,36);1-2H3;2H,1H3/q;;+1/b19-10-,20-7+,25-6-;;. The Morgan fingerprint density at radius 2 is 1.88 bits per heavy atom. The number of halogens is 1. The van der Waals surface area contributed by atoms with E-state index in [2.05, 4.69) is 26.9 Å². The van der Waals surface area contributed by atoms with Gasteiger partial charge in [-0.3, -0.25) is 19.4 Å². The number of nitrogens with one attached hydrogen (secondary N) is 3. The summed E-state index contributed by atoms with van der Waals surface area (Å²) in [7, 11) is 1.65. The molecular weight excluding hydrogens is 543 g/mol. The van der Waals surface area contributed by atoms with Crippen LogP contribution in [0.2, 0.25) is 0 Å². The summed E-state index contributed by atoms with van der Waals surface area (Å²) in [5.74, 6) is 0.527. The van der Waals surface area contributed by atoms with Crippen molar-refractivity contribution >= 4 is 23.5 Å². The van der Waals surface area contributed by atoms with E-state index in [1.807, 2.05) is 26.8 Å². The molecule has 1 aromatic rings. The third kappa shape index (κ3) is 9.75. The van der Waals surface area contributed by atoms with Crippen LogP contribution in [0.5, 0.6) is 0 Å². The lowest BCUT2D eigenvalue weighted by Gasteiger charge is -2.29. The predicted molar refractivity (Wildman–Crippen MR) is 159 cm³/mol. The fourth-order valence-electron chi connectivity index (χ4n) is 4.45. The van der Waals surface area contributed by atoms with Crippen molar-refractivity contribution in [3.8, 4) is 0 Å². The van der Waals surface area contributed by atoms with Gasteiger partial charge in [0.15, 0.2) is 0 Å². The average Bonchev–Trinajstić information content (AvgIpc) is 3.38. The second kappa shape index (κ2) is 18.3. The van der Waals surface area contributed by atoms with E-state index in [1.54, 1.807) is 45.2 Å². The first kappa shape index (κ1) is 35.9. The van der Waals surface area contributed by atoms with Gasteiger partial charge >= 0.3 is 5.97 Å². The molecule has 0 spiro atoms. The number of carbonyl (C=O) groups is 3. The number of aryl methyl sites for hydroxylation is 1. The monoisotopic (exact) mass is 587 g/mol. The summed E-state index contributed by atoms with van der Waals surface area (Å²) in [6, 6.07) is 4.33. The molecule has 2 aliphatic rings. The van der Waals surface area contributed by atoms with Crippen LogP contribution in [0.3, 0.4) is 0 Å². The van der Waals surface area contributed by atoms with Crippen LogP contribution in [0.1, 0.15) is 64.5 Å². The minimum atomic E-state index is -0.906. The molecule has 1 aliphatic carbocycles. The molecule has 8 N–H and O–H groups in total. The Labute approximate surface area is 246 Å². The molecule has 0 bridgehead atoms. The Bertz CT molecular complexity index is 1270. The van der Waals surface area contributed by atoms with Crippen LogP contribution in [0, 0.1) is 12.7 Å². The zero-order valence-electron chi connectivity index (χ0n) is 25.3. The summed E-state index contributed by atoms with van der Waals surface area (Å²) >= 11 is 0. The quantitative estimate of drug-likeness (QED) is 0.241. The molecule has 1 heterocycles. The van der Waals surface area contributed by atoms with Crippen molar-refractivity contribution in [2.75, 3.05) is 7.05 Å². The lowest BCUT2D eigenvalue weighted by Crippen LogP contribution is -2.46. The molecular formula is C30H44FN6O5+. The maximum Gasteiger partial charge on any atom is 0.307 e. The van der Waals surface area contributed by atoms with Crippen LogP contribution in [0.4, 0.5) is 4.39 Å². The summed E-state index contributed by atoms with van der Waals surface area (Å²) in [6.45, 7) is 9.56. The normalized spacial score (nSPS) is 18.8. The van der Waals surface area contributed by atoms with Crippen LogP contribution in [0.25, 0.3) is 0 Å². The number of aliphatic carboxylic acids is 1. The number of rotatable bonds is 9. The van der Waals surface area contributed by atoms with Crippen molar-refractivity contribution in [1.29, 1.82) is 0 Å². The van der Waals surface area contributed by atoms with E-state index in [-0.39, 0.29) is 36.2 Å². The fourth-order valence-corrected chi connectivity index (χ4v) is 4.45. The van der Waals surface area contributed by atoms with Gasteiger partial charge in [-0.05, 0) is 67.5 Å². The highest BCUT2D eigenvalue weighted by molar-refractivity contribution is 6.44. The van der Waals surface area contributed by atoms with Gasteiger partial charge in [0.1, 0.15) is 23.0 Å². The number of carbonyl (C=O) groups excluding carboxylic acids is 2. The smallest absolute Gasteiger partial charge is 0.307 e. The second-order valence-electron chi connectivity index (χ2n) is 8.96. The van der Waals surface area contributed by atoms with Crippen molar-refractivity contribution in [3.63, 3.8) is 0 Å². The zero-order chi connectivity index (χ0) is 31.8. The van der Waals surface area contributed by atoms with E-state index in [1.165, 1.54) is 17.2 Å². The molecule has 1 aliphatic heterocycles. The number of quaternary nitrogens is 1. The molecule has 1 aromatic carbocycles. The highest BCUT2D eigenvalue weighted by Crippen LogP contribution is 2.32. The minimum Gasteiger partial charge on any atom is -0.481 e. The fraction of sp³-hybridized carbons (Fsp3) is 0.400. The maximum atomic E-state index is 13.6. The van der Waals surface area contributed by atoms with Gasteiger partial charge in [-0.2, -0.15) is 0 Å². The molecule has 42 heavy (non-hydrogen) atoms. The SMILES string of the molecule is C/C=C1/N=C(C(=O)NCc2ccc(F)c(C)c2)C=C(C(=O)NC2CCC(=C/CC(=O)O)/C2=C\CC)N1NC.CC.[NH3+]O. The Hall–Kier alpha value is -4.13. The van der Waals surface area contributed by atoms with Gasteiger partial charge in [0, 0.05) is 19.7 Å². The largest absolute Gasteiger partial charge is 0.481 e. The average molecular weight is 588 g/mol. The van der Waals surface area contributed by atoms with Crippen LogP contribution in [-0.4, -0.2) is 51.9 Å². The first-order valence-electron chi connectivity index (χ1n) is 13.9. The van der Waals surface area contributed by atoms with E-state index < -0.39 is 17.8 Å². The highest BCUT2D eigenvalue weighted by atomic mass is 19.1. The third-order valence-corrected chi connectivity index (χ3v) is 6.30. The van der Waals surface area contributed by atoms with E-state index in [0.717, 1.165) is 23.1 Å². The van der Waals surface area contributed by atoms with Gasteiger partial charge in [-0.15, -0.1) is 0 Å². The van der Waals surface area contributed by atoms with E-state index in [9.17, 15) is 18.8 Å². The summed E-state index contributed by atoms with van der Waals surface area (Å²) in [5, 5.41) is 23.1. The summed E-state index contributed by atoms with van der Waals surface area (Å²) in [4.78, 5) is 41.9. The number of hydrogen-bond acceptors (Lipinski definition) is 7. The number of carboxylic acids is 1. The zero-order valence-corrected chi connectivity index (χ0v) is 25.3. The second-order valence-corrected chi connectivity index (χ2v) is 8.96. The predicted octanol–water partition coefficient (Wildman–Crippen LogP) is 3.05. The van der Waals surface area contributed by atoms with Crippen LogP contribution >= 0.6 is 0 Å². The molecule has 230 valence electrons. The number of carboxylic acid groups (broad SMARTS) is 1. The minimum absolute atomic E-state index is 0.0615. The van der Waals surface area contributed by atoms with E-state index in [0.29, 0.717) is 24.2 Å². The number of nitrogens with zero attached hydrogens (tertiary/aromatic N) is 2. The molecule has 0 radical (unpaired) electrons. The van der Waals surface area contributed by atoms with E-state index >= 15 is 0 Å². The van der Waals surface area contributed by atoms with Crippen LogP contribution in [-0.2, 0) is 20.9 Å². The van der Waals surface area contributed by atoms with Crippen LogP contribution in [0.15, 0.2) is 70.2 Å². The van der Waals surface area contributed by atoms with Gasteiger partial charge in [-0.1, -0.05) is 45.1 Å².